The first-order chi connectivity index (χ1) is 20.5. The van der Waals surface area contributed by atoms with Gasteiger partial charge >= 0.3 is 29.8 Å². The molecule has 43 heavy (non-hydrogen) atoms. The van der Waals surface area contributed by atoms with Gasteiger partial charge in [0.2, 0.25) is 18.2 Å². The van der Waals surface area contributed by atoms with Crippen molar-refractivity contribution in [2.24, 2.45) is 0 Å². The average Bonchev–Trinajstić information content (AvgIpc) is 2.94. The Morgan fingerprint density at radius 2 is 1.30 bits per heavy atom. The molecule has 0 N–H and O–H groups in total. The Hall–Kier alpha value is -4.71. The summed E-state index contributed by atoms with van der Waals surface area (Å²) in [5, 5.41) is 0. The van der Waals surface area contributed by atoms with E-state index < -0.39 is 67.2 Å². The van der Waals surface area contributed by atoms with Gasteiger partial charge in [0.1, 0.15) is 12.7 Å². The number of ether oxygens (including phenoxy) is 7. The smallest absolute Gasteiger partial charge is 0.373 e. The van der Waals surface area contributed by atoms with Crippen molar-refractivity contribution in [1.82, 2.24) is 0 Å². The lowest BCUT2D eigenvalue weighted by Crippen LogP contribution is -2.63. The summed E-state index contributed by atoms with van der Waals surface area (Å²) in [5.74, 6) is -4.24. The second-order valence-electron chi connectivity index (χ2n) is 9.41. The lowest BCUT2D eigenvalue weighted by Gasteiger charge is -2.43. The van der Waals surface area contributed by atoms with Gasteiger partial charge in [-0.15, -0.1) is 0 Å². The fraction of sp³-hybridized carbons (Fsp3) is 0.387. The normalized spacial score (nSPS) is 21.6. The van der Waals surface area contributed by atoms with E-state index in [4.69, 9.17) is 33.2 Å². The molecule has 0 unspecified atom stereocenters. The Bertz CT molecular complexity index is 1340. The first-order valence-electron chi connectivity index (χ1n) is 13.5. The Balaban J connectivity index is 2.07. The third kappa shape index (κ3) is 9.67. The maximum Gasteiger partial charge on any atom is 0.373 e. The highest BCUT2D eigenvalue weighted by Gasteiger charge is 2.53. The van der Waals surface area contributed by atoms with E-state index in [1.165, 1.54) is 6.08 Å². The first kappa shape index (κ1) is 32.8. The summed E-state index contributed by atoms with van der Waals surface area (Å²) in [4.78, 5) is 60.9. The summed E-state index contributed by atoms with van der Waals surface area (Å²) in [5.41, 5.74) is 2.37. The summed E-state index contributed by atoms with van der Waals surface area (Å²) < 4.78 is 38.5. The Morgan fingerprint density at radius 3 is 1.91 bits per heavy atom. The van der Waals surface area contributed by atoms with E-state index >= 15 is 0 Å². The fourth-order valence-electron chi connectivity index (χ4n) is 4.34. The van der Waals surface area contributed by atoms with Crippen LogP contribution in [0.4, 0.5) is 0 Å². The fourth-order valence-corrected chi connectivity index (χ4v) is 4.34. The molecular formula is C31H34O12. The van der Waals surface area contributed by atoms with Crippen LogP contribution in [0.15, 0.2) is 60.4 Å². The van der Waals surface area contributed by atoms with E-state index in [0.29, 0.717) is 5.56 Å². The van der Waals surface area contributed by atoms with E-state index in [0.717, 1.165) is 38.8 Å². The van der Waals surface area contributed by atoms with Gasteiger partial charge in [-0.05, 0) is 35.8 Å². The number of esters is 5. The van der Waals surface area contributed by atoms with Crippen LogP contribution in [0.2, 0.25) is 0 Å². The molecule has 0 aliphatic carbocycles. The summed E-state index contributed by atoms with van der Waals surface area (Å²) in [6, 6.07) is 16.8. The van der Waals surface area contributed by atoms with E-state index in [1.807, 2.05) is 42.5 Å². The molecule has 2 aromatic rings. The molecule has 1 fully saturated rings. The third-order valence-corrected chi connectivity index (χ3v) is 5.96. The topological polar surface area (TPSA) is 150 Å². The zero-order chi connectivity index (χ0) is 31.5. The van der Waals surface area contributed by atoms with Gasteiger partial charge in [0.25, 0.3) is 0 Å². The molecule has 3 rings (SSSR count). The monoisotopic (exact) mass is 598 g/mol. The third-order valence-electron chi connectivity index (χ3n) is 5.96. The molecule has 5 atom stereocenters. The molecule has 1 saturated heterocycles. The average molecular weight is 599 g/mol. The van der Waals surface area contributed by atoms with Crippen molar-refractivity contribution in [3.05, 3.63) is 65.9 Å². The van der Waals surface area contributed by atoms with Crippen molar-refractivity contribution in [2.45, 2.75) is 65.3 Å². The molecule has 0 saturated carbocycles. The lowest BCUT2D eigenvalue weighted by atomic mass is 9.98. The van der Waals surface area contributed by atoms with Gasteiger partial charge < -0.3 is 33.2 Å². The summed E-state index contributed by atoms with van der Waals surface area (Å²) >= 11 is 0. The van der Waals surface area contributed by atoms with Gasteiger partial charge in [0.15, 0.2) is 12.2 Å². The van der Waals surface area contributed by atoms with Crippen molar-refractivity contribution in [3.8, 4) is 11.1 Å². The molecule has 1 heterocycles. The van der Waals surface area contributed by atoms with Crippen LogP contribution in [-0.4, -0.2) is 73.8 Å². The van der Waals surface area contributed by atoms with Crippen molar-refractivity contribution in [1.29, 1.82) is 0 Å². The van der Waals surface area contributed by atoms with Crippen LogP contribution in [0, 0.1) is 0 Å². The van der Waals surface area contributed by atoms with Crippen molar-refractivity contribution in [3.63, 3.8) is 0 Å². The molecule has 1 aliphatic rings. The minimum atomic E-state index is -1.60. The van der Waals surface area contributed by atoms with Crippen LogP contribution in [0.5, 0.6) is 0 Å². The molecule has 0 amide bonds. The summed E-state index contributed by atoms with van der Waals surface area (Å²) in [6.45, 7) is 5.66. The molecule has 230 valence electrons. The maximum absolute atomic E-state index is 13.1. The van der Waals surface area contributed by atoms with E-state index in [-0.39, 0.29) is 12.4 Å². The molecule has 0 spiro atoms. The van der Waals surface area contributed by atoms with Gasteiger partial charge in [-0.1, -0.05) is 48.5 Å². The Labute approximate surface area is 248 Å². The quantitative estimate of drug-likeness (QED) is 0.161. The van der Waals surface area contributed by atoms with E-state index in [1.54, 1.807) is 19.1 Å². The van der Waals surface area contributed by atoms with Crippen LogP contribution in [-0.2, 0) is 57.1 Å². The van der Waals surface area contributed by atoms with Gasteiger partial charge in [0, 0.05) is 27.7 Å². The number of benzene rings is 2. The largest absolute Gasteiger partial charge is 0.463 e. The van der Waals surface area contributed by atoms with E-state index in [2.05, 4.69) is 0 Å². The molecule has 2 aromatic carbocycles. The first-order valence-corrected chi connectivity index (χ1v) is 13.5. The predicted molar refractivity (Wildman–Crippen MR) is 150 cm³/mol. The number of carbonyl (C=O) groups is 5. The number of hydrogen-bond donors (Lipinski definition) is 0. The molecule has 0 aromatic heterocycles. The lowest BCUT2D eigenvalue weighted by molar-refractivity contribution is -0.299. The van der Waals surface area contributed by atoms with Crippen LogP contribution >= 0.6 is 0 Å². The number of carbonyl (C=O) groups excluding carboxylic acids is 5. The number of hydrogen-bond acceptors (Lipinski definition) is 12. The van der Waals surface area contributed by atoms with E-state index in [9.17, 15) is 24.0 Å². The second kappa shape index (κ2) is 15.5. The Kier molecular flexibility index (Phi) is 11.8. The standard InChI is InChI=1S/C31H34O12/c1-6-37-30(36)25(16-22-11-10-14-24(15-22)23-12-8-7-9-13-23)42-31-29(41-21(5)35)28(40-20(4)34)27(39-19(3)33)26(43-31)17-38-18(2)32/h7-16,26-29,31H,6,17H2,1-5H3/b25-16-/t26-,27+,28+,29-,31-/m0/s1. The molecule has 0 bridgehead atoms. The minimum absolute atomic E-state index is 0.0160. The van der Waals surface area contributed by atoms with Gasteiger partial charge in [0.05, 0.1) is 6.61 Å². The minimum Gasteiger partial charge on any atom is -0.463 e. The predicted octanol–water partition coefficient (Wildman–Crippen LogP) is 3.36. The second-order valence-corrected chi connectivity index (χ2v) is 9.41. The van der Waals surface area contributed by atoms with Crippen molar-refractivity contribution < 1.29 is 57.1 Å². The van der Waals surface area contributed by atoms with Crippen molar-refractivity contribution >= 4 is 35.9 Å². The maximum atomic E-state index is 13.1. The molecule has 12 heteroatoms. The van der Waals surface area contributed by atoms with Crippen LogP contribution < -0.4 is 0 Å². The molecule has 12 nitrogen and oxygen atoms in total. The van der Waals surface area contributed by atoms with Crippen LogP contribution in [0.3, 0.4) is 0 Å². The summed E-state index contributed by atoms with van der Waals surface area (Å²) in [6.07, 6.45) is -5.80. The van der Waals surface area contributed by atoms with Gasteiger partial charge in [-0.25, -0.2) is 4.79 Å². The highest BCUT2D eigenvalue weighted by molar-refractivity contribution is 5.91. The summed E-state index contributed by atoms with van der Waals surface area (Å²) in [7, 11) is 0. The highest BCUT2D eigenvalue weighted by atomic mass is 16.7. The molecule has 1 aliphatic heterocycles. The zero-order valence-electron chi connectivity index (χ0n) is 24.5. The van der Waals surface area contributed by atoms with Crippen LogP contribution in [0.25, 0.3) is 17.2 Å². The van der Waals surface area contributed by atoms with Gasteiger partial charge in [-0.2, -0.15) is 0 Å². The van der Waals surface area contributed by atoms with Crippen LogP contribution in [0.1, 0.15) is 40.2 Å². The Morgan fingerprint density at radius 1 is 0.698 bits per heavy atom. The highest BCUT2D eigenvalue weighted by Crippen LogP contribution is 2.32. The molecular weight excluding hydrogens is 564 g/mol. The zero-order valence-corrected chi connectivity index (χ0v) is 24.5. The molecule has 0 radical (unpaired) electrons. The SMILES string of the molecule is CCOC(=O)/C(=C/c1cccc(-c2ccccc2)c1)O[C@H]1O[C@@H](COC(C)=O)[C@@H](OC(C)=O)[C@@H](OC(C)=O)[C@@H]1OC(C)=O. The van der Waals surface area contributed by atoms with Crippen molar-refractivity contribution in [2.75, 3.05) is 13.2 Å². The van der Waals surface area contributed by atoms with Gasteiger partial charge in [-0.3, -0.25) is 19.2 Å². The number of rotatable bonds is 11.